The zero-order chi connectivity index (χ0) is 17.1. The maximum Gasteiger partial charge on any atom is 0.168 e. The van der Waals surface area contributed by atoms with Gasteiger partial charge in [-0.1, -0.05) is 12.1 Å². The van der Waals surface area contributed by atoms with Gasteiger partial charge in [0, 0.05) is 31.6 Å². The molecule has 1 aromatic carbocycles. The Morgan fingerprint density at radius 1 is 1.04 bits per heavy atom. The van der Waals surface area contributed by atoms with Crippen LogP contribution in [0, 0.1) is 5.82 Å². The van der Waals surface area contributed by atoms with Crippen molar-refractivity contribution in [3.63, 3.8) is 0 Å². The molecule has 0 fully saturated rings. The Balaban J connectivity index is 1.60. The van der Waals surface area contributed by atoms with Crippen LogP contribution in [-0.4, -0.2) is 36.3 Å². The molecule has 0 saturated carbocycles. The zero-order valence-electron chi connectivity index (χ0n) is 13.2. The molecule has 0 unspecified atom stereocenters. The summed E-state index contributed by atoms with van der Waals surface area (Å²) in [4.78, 5) is 16.8. The average Bonchev–Trinajstić information content (AvgIpc) is 3.08. The largest absolute Gasteiger partial charge is 0.369 e. The normalized spacial score (nSPS) is 10.9. The number of hydrogen-bond acceptors (Lipinski definition) is 6. The second kappa shape index (κ2) is 6.60. The number of halogens is 1. The van der Waals surface area contributed by atoms with Crippen molar-refractivity contribution >= 4 is 16.9 Å². The average molecular weight is 335 g/mol. The van der Waals surface area contributed by atoms with E-state index in [1.165, 1.54) is 17.1 Å². The number of rotatable bonds is 5. The Kier molecular flexibility index (Phi) is 3.99. The molecule has 3 aromatic heterocycles. The van der Waals surface area contributed by atoms with Gasteiger partial charge in [0.05, 0.1) is 17.3 Å². The number of benzene rings is 1. The summed E-state index contributed by atoms with van der Waals surface area (Å²) >= 11 is 0. The molecule has 4 aromatic rings. The fourth-order valence-corrected chi connectivity index (χ4v) is 2.55. The molecule has 7 nitrogen and oxygen atoms in total. The van der Waals surface area contributed by atoms with E-state index in [-0.39, 0.29) is 5.82 Å². The van der Waals surface area contributed by atoms with Crippen molar-refractivity contribution < 1.29 is 4.39 Å². The lowest BCUT2D eigenvalue weighted by Crippen LogP contribution is -2.08. The van der Waals surface area contributed by atoms with Gasteiger partial charge >= 0.3 is 0 Å². The number of nitrogens with one attached hydrogen (secondary N) is 1. The van der Waals surface area contributed by atoms with E-state index in [1.54, 1.807) is 43.0 Å². The second-order valence-corrected chi connectivity index (χ2v) is 5.34. The van der Waals surface area contributed by atoms with Crippen molar-refractivity contribution in [1.82, 2.24) is 29.7 Å². The van der Waals surface area contributed by atoms with Gasteiger partial charge in [-0.2, -0.15) is 5.10 Å². The van der Waals surface area contributed by atoms with Crippen LogP contribution in [0.1, 0.15) is 5.69 Å². The summed E-state index contributed by atoms with van der Waals surface area (Å²) in [5.74, 6) is 0.291. The van der Waals surface area contributed by atoms with Crippen molar-refractivity contribution in [3.8, 4) is 5.69 Å². The summed E-state index contributed by atoms with van der Waals surface area (Å²) in [5, 5.41) is 8.24. The van der Waals surface area contributed by atoms with Crippen LogP contribution in [0.25, 0.3) is 16.7 Å². The minimum absolute atomic E-state index is 0.349. The van der Waals surface area contributed by atoms with Crippen LogP contribution < -0.4 is 5.32 Å². The number of para-hydroxylation sites is 1. The van der Waals surface area contributed by atoms with E-state index < -0.39 is 0 Å². The van der Waals surface area contributed by atoms with Gasteiger partial charge in [0.15, 0.2) is 5.65 Å². The van der Waals surface area contributed by atoms with E-state index in [2.05, 4.69) is 30.4 Å². The highest BCUT2D eigenvalue weighted by Gasteiger charge is 2.13. The number of aromatic nitrogens is 6. The summed E-state index contributed by atoms with van der Waals surface area (Å²) in [6.45, 7) is 0.635. The summed E-state index contributed by atoms with van der Waals surface area (Å²) in [5.41, 5.74) is 1.78. The van der Waals surface area contributed by atoms with Crippen molar-refractivity contribution in [1.29, 1.82) is 0 Å². The van der Waals surface area contributed by atoms with E-state index in [4.69, 9.17) is 0 Å². The third-order valence-corrected chi connectivity index (χ3v) is 3.74. The first-order valence-electron chi connectivity index (χ1n) is 7.75. The van der Waals surface area contributed by atoms with E-state index in [0.717, 1.165) is 11.1 Å². The Morgan fingerprint density at radius 3 is 2.80 bits per heavy atom. The Bertz CT molecular complexity index is 1000. The minimum Gasteiger partial charge on any atom is -0.369 e. The Labute approximate surface area is 142 Å². The van der Waals surface area contributed by atoms with Crippen molar-refractivity contribution in [3.05, 3.63) is 66.9 Å². The molecular formula is C17H14FN7. The number of anilines is 1. The molecule has 0 spiro atoms. The quantitative estimate of drug-likeness (QED) is 0.603. The lowest BCUT2D eigenvalue weighted by molar-refractivity contribution is 0.612. The molecule has 4 rings (SSSR count). The van der Waals surface area contributed by atoms with Gasteiger partial charge in [0.2, 0.25) is 0 Å². The fourth-order valence-electron chi connectivity index (χ4n) is 2.55. The lowest BCUT2D eigenvalue weighted by Gasteiger charge is -2.07. The van der Waals surface area contributed by atoms with Crippen LogP contribution in [0.4, 0.5) is 10.2 Å². The minimum atomic E-state index is -0.358. The van der Waals surface area contributed by atoms with Crippen molar-refractivity contribution in [2.24, 2.45) is 0 Å². The molecule has 25 heavy (non-hydrogen) atoms. The van der Waals surface area contributed by atoms with Gasteiger partial charge in [0.25, 0.3) is 0 Å². The predicted molar refractivity (Wildman–Crippen MR) is 90.8 cm³/mol. The molecule has 0 saturated heterocycles. The maximum atomic E-state index is 14.0. The highest BCUT2D eigenvalue weighted by Crippen LogP contribution is 2.22. The number of nitrogens with zero attached hydrogens (tertiary/aromatic N) is 6. The van der Waals surface area contributed by atoms with Gasteiger partial charge in [-0.15, -0.1) is 0 Å². The molecule has 0 aliphatic heterocycles. The van der Waals surface area contributed by atoms with Crippen molar-refractivity contribution in [2.45, 2.75) is 6.42 Å². The first kappa shape index (κ1) is 15.1. The first-order valence-corrected chi connectivity index (χ1v) is 7.75. The predicted octanol–water partition coefficient (Wildman–Crippen LogP) is 2.40. The molecule has 0 radical (unpaired) electrons. The van der Waals surface area contributed by atoms with E-state index in [9.17, 15) is 4.39 Å². The van der Waals surface area contributed by atoms with E-state index >= 15 is 0 Å². The highest BCUT2D eigenvalue weighted by atomic mass is 19.1. The van der Waals surface area contributed by atoms with Crippen LogP contribution in [-0.2, 0) is 6.42 Å². The van der Waals surface area contributed by atoms with Gasteiger partial charge in [-0.05, 0) is 12.1 Å². The Hall–Kier alpha value is -3.42. The van der Waals surface area contributed by atoms with Crippen LogP contribution in [0.15, 0.2) is 55.4 Å². The molecule has 0 amide bonds. The van der Waals surface area contributed by atoms with Gasteiger partial charge in [-0.3, -0.25) is 9.97 Å². The molecule has 0 atom stereocenters. The topological polar surface area (TPSA) is 81.4 Å². The van der Waals surface area contributed by atoms with Gasteiger partial charge in [0.1, 0.15) is 23.6 Å². The van der Waals surface area contributed by atoms with Crippen LogP contribution in [0.5, 0.6) is 0 Å². The molecule has 0 aliphatic carbocycles. The highest BCUT2D eigenvalue weighted by molar-refractivity contribution is 5.87. The molecule has 3 heterocycles. The molecule has 0 bridgehead atoms. The second-order valence-electron chi connectivity index (χ2n) is 5.34. The summed E-state index contributed by atoms with van der Waals surface area (Å²) in [7, 11) is 0. The van der Waals surface area contributed by atoms with Crippen LogP contribution in [0.3, 0.4) is 0 Å². The summed E-state index contributed by atoms with van der Waals surface area (Å²) in [6.07, 6.45) is 8.81. The maximum absolute atomic E-state index is 14.0. The number of fused-ring (bicyclic) bond motifs is 1. The first-order chi connectivity index (χ1) is 12.3. The molecule has 1 N–H and O–H groups in total. The van der Waals surface area contributed by atoms with Crippen LogP contribution >= 0.6 is 0 Å². The fraction of sp³-hybridized carbons (Fsp3) is 0.118. The summed E-state index contributed by atoms with van der Waals surface area (Å²) in [6, 6.07) is 6.45. The number of hydrogen-bond donors (Lipinski definition) is 1. The third kappa shape index (κ3) is 3.01. The molecular weight excluding hydrogens is 321 g/mol. The standard InChI is InChI=1S/C17H14FN7/c18-14-3-1-2-4-15(14)25-17-13(10-24-25)16(22-11-23-17)21-6-5-12-9-19-7-8-20-12/h1-4,7-11H,5-6H2,(H,21,22,23). The molecule has 8 heteroatoms. The smallest absolute Gasteiger partial charge is 0.168 e. The monoisotopic (exact) mass is 335 g/mol. The summed E-state index contributed by atoms with van der Waals surface area (Å²) < 4.78 is 15.5. The lowest BCUT2D eigenvalue weighted by atomic mass is 10.3. The third-order valence-electron chi connectivity index (χ3n) is 3.74. The van der Waals surface area contributed by atoms with Gasteiger partial charge < -0.3 is 5.32 Å². The SMILES string of the molecule is Fc1ccccc1-n1ncc2c(NCCc3cnccn3)ncnc21. The van der Waals surface area contributed by atoms with E-state index in [0.29, 0.717) is 30.1 Å². The van der Waals surface area contributed by atoms with Gasteiger partial charge in [-0.25, -0.2) is 19.0 Å². The Morgan fingerprint density at radius 2 is 1.96 bits per heavy atom. The van der Waals surface area contributed by atoms with E-state index in [1.807, 2.05) is 0 Å². The molecule has 124 valence electrons. The zero-order valence-corrected chi connectivity index (χ0v) is 13.2. The molecule has 0 aliphatic rings. The van der Waals surface area contributed by atoms with Crippen molar-refractivity contribution in [2.75, 3.05) is 11.9 Å². The van der Waals surface area contributed by atoms with Crippen LogP contribution in [0.2, 0.25) is 0 Å².